The summed E-state index contributed by atoms with van der Waals surface area (Å²) in [6.07, 6.45) is 0. The van der Waals surface area contributed by atoms with Crippen LogP contribution in [0.5, 0.6) is 5.75 Å². The van der Waals surface area contributed by atoms with Gasteiger partial charge < -0.3 is 9.15 Å². The van der Waals surface area contributed by atoms with Crippen molar-refractivity contribution in [1.29, 1.82) is 0 Å². The monoisotopic (exact) mass is 371 g/mol. The molecule has 1 atom stereocenters. The number of hydrogen-bond donors (Lipinski definition) is 0. The van der Waals surface area contributed by atoms with Gasteiger partial charge in [0.25, 0.3) is 0 Å². The van der Waals surface area contributed by atoms with E-state index in [-0.39, 0.29) is 6.04 Å². The maximum atomic E-state index is 5.87. The lowest BCUT2D eigenvalue weighted by atomic mass is 10.1. The van der Waals surface area contributed by atoms with Crippen LogP contribution in [-0.2, 0) is 0 Å². The number of aromatic nitrogens is 2. The van der Waals surface area contributed by atoms with Crippen molar-refractivity contribution < 1.29 is 9.15 Å². The minimum atomic E-state index is -0.00474. The van der Waals surface area contributed by atoms with Crippen LogP contribution in [0.25, 0.3) is 11.5 Å². The molecule has 1 heterocycles. The van der Waals surface area contributed by atoms with Crippen LogP contribution in [0.2, 0.25) is 5.02 Å². The van der Waals surface area contributed by atoms with Crippen LogP contribution < -0.4 is 4.74 Å². The summed E-state index contributed by atoms with van der Waals surface area (Å²) >= 11 is 5.87. The summed E-state index contributed by atoms with van der Waals surface area (Å²) in [6.45, 7) is 5.36. The third kappa shape index (κ3) is 4.62. The van der Waals surface area contributed by atoms with Gasteiger partial charge in [0.2, 0.25) is 11.8 Å². The Kier molecular flexibility index (Phi) is 5.91. The van der Waals surface area contributed by atoms with Gasteiger partial charge in [0, 0.05) is 17.1 Å². The highest BCUT2D eigenvalue weighted by molar-refractivity contribution is 6.30. The highest BCUT2D eigenvalue weighted by Crippen LogP contribution is 2.23. The molecule has 0 radical (unpaired) electrons. The topological polar surface area (TPSA) is 51.4 Å². The Balaban J connectivity index is 1.56. The summed E-state index contributed by atoms with van der Waals surface area (Å²) in [5.74, 6) is 1.94. The lowest BCUT2D eigenvalue weighted by Gasteiger charge is -2.21. The molecule has 26 heavy (non-hydrogen) atoms. The Labute approximate surface area is 158 Å². The molecule has 0 bridgehead atoms. The molecule has 0 saturated carbocycles. The van der Waals surface area contributed by atoms with E-state index in [9.17, 15) is 0 Å². The number of aryl methyl sites for hydroxylation is 1. The minimum Gasteiger partial charge on any atom is -0.492 e. The smallest absolute Gasteiger partial charge is 0.247 e. The Morgan fingerprint density at radius 3 is 2.65 bits per heavy atom. The van der Waals surface area contributed by atoms with Crippen LogP contribution in [-0.4, -0.2) is 35.3 Å². The molecule has 136 valence electrons. The van der Waals surface area contributed by atoms with Gasteiger partial charge in [-0.3, -0.25) is 4.90 Å². The molecule has 1 aromatic heterocycles. The van der Waals surface area contributed by atoms with Crippen molar-refractivity contribution in [2.45, 2.75) is 19.9 Å². The summed E-state index contributed by atoms with van der Waals surface area (Å²) in [6, 6.07) is 15.4. The van der Waals surface area contributed by atoms with Gasteiger partial charge in [0.1, 0.15) is 12.4 Å². The maximum Gasteiger partial charge on any atom is 0.247 e. The number of likely N-dealkylation sites (N-methyl/N-ethyl adjacent to an activating group) is 1. The Bertz CT molecular complexity index is 848. The Morgan fingerprint density at radius 2 is 1.92 bits per heavy atom. The fourth-order valence-corrected chi connectivity index (χ4v) is 2.64. The van der Waals surface area contributed by atoms with Crippen LogP contribution in [0.3, 0.4) is 0 Å². The normalized spacial score (nSPS) is 12.3. The minimum absolute atomic E-state index is 0.00474. The molecule has 0 amide bonds. The molecule has 3 rings (SSSR count). The fraction of sp³-hybridized carbons (Fsp3) is 0.300. The van der Waals surface area contributed by atoms with E-state index in [1.165, 1.54) is 0 Å². The molecule has 0 aliphatic carbocycles. The van der Waals surface area contributed by atoms with Crippen LogP contribution in [0.1, 0.15) is 24.4 Å². The average molecular weight is 372 g/mol. The van der Waals surface area contributed by atoms with Crippen LogP contribution in [0.15, 0.2) is 52.9 Å². The van der Waals surface area contributed by atoms with Crippen molar-refractivity contribution in [1.82, 2.24) is 15.1 Å². The van der Waals surface area contributed by atoms with Gasteiger partial charge in [0.15, 0.2) is 0 Å². The van der Waals surface area contributed by atoms with Crippen molar-refractivity contribution in [2.24, 2.45) is 0 Å². The van der Waals surface area contributed by atoms with E-state index in [1.54, 1.807) is 0 Å². The molecular formula is C20H22ClN3O2. The molecule has 0 spiro atoms. The lowest BCUT2D eigenvalue weighted by molar-refractivity contribution is 0.182. The van der Waals surface area contributed by atoms with E-state index in [1.807, 2.05) is 69.4 Å². The van der Waals surface area contributed by atoms with E-state index in [0.717, 1.165) is 23.4 Å². The van der Waals surface area contributed by atoms with Crippen LogP contribution in [0, 0.1) is 6.92 Å². The predicted molar refractivity (Wildman–Crippen MR) is 102 cm³/mol. The van der Waals surface area contributed by atoms with Crippen LogP contribution >= 0.6 is 11.6 Å². The quantitative estimate of drug-likeness (QED) is 0.598. The van der Waals surface area contributed by atoms with Gasteiger partial charge in [-0.25, -0.2) is 0 Å². The number of hydrogen-bond acceptors (Lipinski definition) is 5. The van der Waals surface area contributed by atoms with E-state index in [0.29, 0.717) is 23.4 Å². The zero-order valence-electron chi connectivity index (χ0n) is 15.1. The molecule has 0 unspecified atom stereocenters. The number of rotatable bonds is 7. The van der Waals surface area contributed by atoms with Gasteiger partial charge in [-0.2, -0.15) is 0 Å². The zero-order chi connectivity index (χ0) is 18.5. The summed E-state index contributed by atoms with van der Waals surface area (Å²) < 4.78 is 11.6. The van der Waals surface area contributed by atoms with Crippen molar-refractivity contribution in [3.05, 3.63) is 65.0 Å². The maximum absolute atomic E-state index is 5.87. The molecule has 0 aliphatic heterocycles. The zero-order valence-corrected chi connectivity index (χ0v) is 15.9. The van der Waals surface area contributed by atoms with Gasteiger partial charge >= 0.3 is 0 Å². The number of benzene rings is 2. The molecule has 0 aliphatic rings. The van der Waals surface area contributed by atoms with E-state index < -0.39 is 0 Å². The lowest BCUT2D eigenvalue weighted by Crippen LogP contribution is -2.27. The third-order valence-corrected chi connectivity index (χ3v) is 4.50. The first-order valence-electron chi connectivity index (χ1n) is 8.52. The van der Waals surface area contributed by atoms with Gasteiger partial charge in [-0.05, 0) is 57.3 Å². The molecule has 0 N–H and O–H groups in total. The second kappa shape index (κ2) is 8.34. The van der Waals surface area contributed by atoms with Gasteiger partial charge in [-0.1, -0.05) is 29.3 Å². The molecule has 6 heteroatoms. The standard InChI is InChI=1S/C20H22ClN3O2/c1-14-5-4-6-16(13-14)20-23-22-19(26-20)15(2)24(3)11-12-25-18-9-7-17(21)8-10-18/h4-10,13,15H,11-12H2,1-3H3/t15-/m0/s1. The van der Waals surface area contributed by atoms with Gasteiger partial charge in [0.05, 0.1) is 6.04 Å². The SMILES string of the molecule is Cc1cccc(-c2nnc([C@H](C)N(C)CCOc3ccc(Cl)cc3)o2)c1. The molecule has 3 aromatic rings. The van der Waals surface area contributed by atoms with Crippen molar-refractivity contribution >= 4 is 11.6 Å². The van der Waals surface area contributed by atoms with Crippen molar-refractivity contribution in [3.8, 4) is 17.2 Å². The Morgan fingerprint density at radius 1 is 1.15 bits per heavy atom. The number of nitrogens with zero attached hydrogens (tertiary/aromatic N) is 3. The third-order valence-electron chi connectivity index (χ3n) is 4.25. The summed E-state index contributed by atoms with van der Waals surface area (Å²) in [7, 11) is 2.01. The second-order valence-corrected chi connectivity index (χ2v) is 6.71. The number of halogens is 1. The Hall–Kier alpha value is -2.37. The van der Waals surface area contributed by atoms with Crippen LogP contribution in [0.4, 0.5) is 0 Å². The molecular weight excluding hydrogens is 350 g/mol. The van der Waals surface area contributed by atoms with E-state index in [4.69, 9.17) is 20.8 Å². The average Bonchev–Trinajstić information content (AvgIpc) is 3.13. The summed E-state index contributed by atoms with van der Waals surface area (Å²) in [5.41, 5.74) is 2.09. The van der Waals surface area contributed by atoms with Crippen molar-refractivity contribution in [2.75, 3.05) is 20.2 Å². The van der Waals surface area contributed by atoms with E-state index in [2.05, 4.69) is 15.1 Å². The second-order valence-electron chi connectivity index (χ2n) is 6.27. The first-order chi connectivity index (χ1) is 12.5. The largest absolute Gasteiger partial charge is 0.492 e. The predicted octanol–water partition coefficient (Wildman–Crippen LogP) is 4.77. The molecule has 2 aromatic carbocycles. The first-order valence-corrected chi connectivity index (χ1v) is 8.90. The summed E-state index contributed by atoms with van der Waals surface area (Å²) in [4.78, 5) is 2.11. The molecule has 5 nitrogen and oxygen atoms in total. The van der Waals surface area contributed by atoms with Gasteiger partial charge in [-0.15, -0.1) is 10.2 Å². The first kappa shape index (κ1) is 18.4. The number of ether oxygens (including phenoxy) is 1. The molecule has 0 fully saturated rings. The summed E-state index contributed by atoms with van der Waals surface area (Å²) in [5, 5.41) is 9.08. The molecule has 0 saturated heterocycles. The highest BCUT2D eigenvalue weighted by Gasteiger charge is 2.19. The fourth-order valence-electron chi connectivity index (χ4n) is 2.52. The van der Waals surface area contributed by atoms with E-state index >= 15 is 0 Å². The van der Waals surface area contributed by atoms with Crippen molar-refractivity contribution in [3.63, 3.8) is 0 Å². The highest BCUT2D eigenvalue weighted by atomic mass is 35.5.